The summed E-state index contributed by atoms with van der Waals surface area (Å²) in [6.45, 7) is 5.12. The van der Waals surface area contributed by atoms with Crippen LogP contribution in [0.4, 0.5) is 5.13 Å². The first-order valence-electron chi connectivity index (χ1n) is 5.08. The minimum atomic E-state index is 0.837. The SMILES string of the molecule is Cc1cnc(NCC2C3COCC23)s1. The number of ether oxygens (including phenoxy) is 1. The number of aryl methyl sites for hydroxylation is 1. The maximum atomic E-state index is 5.35. The van der Waals surface area contributed by atoms with Crippen molar-refractivity contribution in [2.24, 2.45) is 17.8 Å². The lowest BCUT2D eigenvalue weighted by Gasteiger charge is -2.04. The normalized spacial score (nSPS) is 34.2. The lowest BCUT2D eigenvalue weighted by Crippen LogP contribution is -2.09. The van der Waals surface area contributed by atoms with Gasteiger partial charge in [-0.1, -0.05) is 0 Å². The minimum absolute atomic E-state index is 0.837. The van der Waals surface area contributed by atoms with Crippen LogP contribution in [-0.4, -0.2) is 24.7 Å². The van der Waals surface area contributed by atoms with E-state index in [1.165, 1.54) is 4.88 Å². The molecular weight excluding hydrogens is 196 g/mol. The molecule has 1 aromatic rings. The third-order valence-electron chi connectivity index (χ3n) is 3.24. The summed E-state index contributed by atoms with van der Waals surface area (Å²) in [7, 11) is 0. The van der Waals surface area contributed by atoms with Crippen LogP contribution < -0.4 is 5.32 Å². The molecule has 0 spiro atoms. The second-order valence-corrected chi connectivity index (χ2v) is 5.42. The first-order chi connectivity index (χ1) is 6.84. The fraction of sp³-hybridized carbons (Fsp3) is 0.700. The number of thiazole rings is 1. The molecule has 1 aliphatic carbocycles. The first-order valence-corrected chi connectivity index (χ1v) is 5.90. The smallest absolute Gasteiger partial charge is 0.182 e. The number of fused-ring (bicyclic) bond motifs is 1. The van der Waals surface area contributed by atoms with Gasteiger partial charge in [0, 0.05) is 17.6 Å². The van der Waals surface area contributed by atoms with Crippen LogP contribution in [0.1, 0.15) is 4.88 Å². The Labute approximate surface area is 87.5 Å². The van der Waals surface area contributed by atoms with Crippen molar-refractivity contribution in [3.8, 4) is 0 Å². The van der Waals surface area contributed by atoms with Crippen molar-refractivity contribution < 1.29 is 4.74 Å². The second-order valence-electron chi connectivity index (χ2n) is 4.19. The van der Waals surface area contributed by atoms with Gasteiger partial charge >= 0.3 is 0 Å². The number of nitrogens with one attached hydrogen (secondary N) is 1. The third kappa shape index (κ3) is 1.42. The summed E-state index contributed by atoms with van der Waals surface area (Å²) in [4.78, 5) is 5.56. The number of hydrogen-bond donors (Lipinski definition) is 1. The van der Waals surface area contributed by atoms with Crippen LogP contribution in [0.15, 0.2) is 6.20 Å². The number of anilines is 1. The molecule has 3 nitrogen and oxygen atoms in total. The summed E-state index contributed by atoms with van der Waals surface area (Å²) < 4.78 is 5.35. The lowest BCUT2D eigenvalue weighted by molar-refractivity contribution is 0.153. The Balaban J connectivity index is 1.51. The Morgan fingerprint density at radius 2 is 2.36 bits per heavy atom. The van der Waals surface area contributed by atoms with Crippen molar-refractivity contribution >= 4 is 16.5 Å². The summed E-state index contributed by atoms with van der Waals surface area (Å²) in [5.41, 5.74) is 0. The Kier molecular flexibility index (Phi) is 1.99. The highest BCUT2D eigenvalue weighted by atomic mass is 32.1. The van der Waals surface area contributed by atoms with E-state index in [0.717, 1.165) is 42.6 Å². The molecular formula is C10H14N2OS. The Morgan fingerprint density at radius 3 is 3.00 bits per heavy atom. The summed E-state index contributed by atoms with van der Waals surface area (Å²) in [6.07, 6.45) is 1.92. The molecule has 2 aliphatic rings. The van der Waals surface area contributed by atoms with E-state index in [1.807, 2.05) is 6.20 Å². The van der Waals surface area contributed by atoms with E-state index in [-0.39, 0.29) is 0 Å². The zero-order chi connectivity index (χ0) is 9.54. The fourth-order valence-electron chi connectivity index (χ4n) is 2.30. The van der Waals surface area contributed by atoms with Crippen LogP contribution in [-0.2, 0) is 4.74 Å². The van der Waals surface area contributed by atoms with Gasteiger partial charge in [-0.3, -0.25) is 0 Å². The van der Waals surface area contributed by atoms with Crippen LogP contribution in [0.3, 0.4) is 0 Å². The van der Waals surface area contributed by atoms with E-state index in [9.17, 15) is 0 Å². The average molecular weight is 210 g/mol. The third-order valence-corrected chi connectivity index (χ3v) is 4.11. The van der Waals surface area contributed by atoms with Crippen molar-refractivity contribution in [3.05, 3.63) is 11.1 Å². The molecule has 0 bridgehead atoms. The number of hydrogen-bond acceptors (Lipinski definition) is 4. The zero-order valence-corrected chi connectivity index (χ0v) is 9.01. The molecule has 0 radical (unpaired) electrons. The van der Waals surface area contributed by atoms with Gasteiger partial charge in [0.25, 0.3) is 0 Å². The summed E-state index contributed by atoms with van der Waals surface area (Å²) in [5, 5.41) is 4.47. The molecule has 3 rings (SSSR count). The van der Waals surface area contributed by atoms with Gasteiger partial charge in [0.1, 0.15) is 0 Å². The standard InChI is InChI=1S/C10H14N2OS/c1-6-2-11-10(14-6)12-3-7-8-4-13-5-9(7)8/h2,7-9H,3-5H2,1H3,(H,11,12). The van der Waals surface area contributed by atoms with Crippen LogP contribution in [0, 0.1) is 24.7 Å². The topological polar surface area (TPSA) is 34.2 Å². The maximum absolute atomic E-state index is 5.35. The molecule has 76 valence electrons. The van der Waals surface area contributed by atoms with Gasteiger partial charge in [-0.05, 0) is 24.7 Å². The molecule has 1 saturated carbocycles. The monoisotopic (exact) mass is 210 g/mol. The predicted molar refractivity (Wildman–Crippen MR) is 56.6 cm³/mol. The zero-order valence-electron chi connectivity index (χ0n) is 8.19. The molecule has 14 heavy (non-hydrogen) atoms. The van der Waals surface area contributed by atoms with Gasteiger partial charge in [-0.2, -0.15) is 0 Å². The number of aromatic nitrogens is 1. The summed E-state index contributed by atoms with van der Waals surface area (Å²) in [6, 6.07) is 0. The van der Waals surface area contributed by atoms with E-state index in [0.29, 0.717) is 0 Å². The molecule has 0 amide bonds. The van der Waals surface area contributed by atoms with Gasteiger partial charge in [-0.15, -0.1) is 11.3 Å². The molecule has 4 heteroatoms. The molecule has 1 N–H and O–H groups in total. The van der Waals surface area contributed by atoms with Crippen molar-refractivity contribution in [1.82, 2.24) is 4.98 Å². The Morgan fingerprint density at radius 1 is 1.57 bits per heavy atom. The lowest BCUT2D eigenvalue weighted by atomic mass is 10.3. The van der Waals surface area contributed by atoms with Crippen LogP contribution in [0.25, 0.3) is 0 Å². The van der Waals surface area contributed by atoms with Crippen molar-refractivity contribution in [2.75, 3.05) is 25.1 Å². The van der Waals surface area contributed by atoms with Gasteiger partial charge in [0.15, 0.2) is 5.13 Å². The molecule has 2 atom stereocenters. The van der Waals surface area contributed by atoms with Crippen LogP contribution >= 0.6 is 11.3 Å². The molecule has 2 fully saturated rings. The Hall–Kier alpha value is -0.610. The molecule has 1 aromatic heterocycles. The first kappa shape index (κ1) is 8.68. The molecule has 1 aliphatic heterocycles. The maximum Gasteiger partial charge on any atom is 0.182 e. The van der Waals surface area contributed by atoms with Gasteiger partial charge in [0.2, 0.25) is 0 Å². The van der Waals surface area contributed by atoms with E-state index in [1.54, 1.807) is 11.3 Å². The highest BCUT2D eigenvalue weighted by Crippen LogP contribution is 2.50. The second kappa shape index (κ2) is 3.21. The molecule has 0 aromatic carbocycles. The quantitative estimate of drug-likeness (QED) is 0.825. The molecule has 1 saturated heterocycles. The predicted octanol–water partition coefficient (Wildman–Crippen LogP) is 1.76. The highest BCUT2D eigenvalue weighted by molar-refractivity contribution is 7.15. The van der Waals surface area contributed by atoms with Crippen molar-refractivity contribution in [2.45, 2.75) is 6.92 Å². The summed E-state index contributed by atoms with van der Waals surface area (Å²) in [5.74, 6) is 2.51. The largest absolute Gasteiger partial charge is 0.381 e. The Bertz CT molecular complexity index is 329. The average Bonchev–Trinajstić information content (AvgIpc) is 2.59. The number of nitrogens with zero attached hydrogens (tertiary/aromatic N) is 1. The van der Waals surface area contributed by atoms with Gasteiger partial charge in [0.05, 0.1) is 13.2 Å². The molecule has 2 heterocycles. The van der Waals surface area contributed by atoms with E-state index in [2.05, 4.69) is 17.2 Å². The van der Waals surface area contributed by atoms with E-state index in [4.69, 9.17) is 4.74 Å². The van der Waals surface area contributed by atoms with E-state index < -0.39 is 0 Å². The summed E-state index contributed by atoms with van der Waals surface area (Å²) >= 11 is 1.73. The highest BCUT2D eigenvalue weighted by Gasteiger charge is 2.53. The van der Waals surface area contributed by atoms with E-state index >= 15 is 0 Å². The number of rotatable bonds is 3. The van der Waals surface area contributed by atoms with Gasteiger partial charge in [-0.25, -0.2) is 4.98 Å². The minimum Gasteiger partial charge on any atom is -0.381 e. The molecule has 2 unspecified atom stereocenters. The van der Waals surface area contributed by atoms with Crippen molar-refractivity contribution in [1.29, 1.82) is 0 Å². The van der Waals surface area contributed by atoms with Crippen LogP contribution in [0.2, 0.25) is 0 Å². The van der Waals surface area contributed by atoms with Crippen LogP contribution in [0.5, 0.6) is 0 Å². The van der Waals surface area contributed by atoms with Gasteiger partial charge < -0.3 is 10.1 Å². The fourth-order valence-corrected chi connectivity index (χ4v) is 2.97. The van der Waals surface area contributed by atoms with Crippen molar-refractivity contribution in [3.63, 3.8) is 0 Å².